The van der Waals surface area contributed by atoms with Gasteiger partial charge in [-0.25, -0.2) is 4.98 Å². The lowest BCUT2D eigenvalue weighted by atomic mass is 10.1. The first-order valence-corrected chi connectivity index (χ1v) is 4.99. The Labute approximate surface area is 94.4 Å². The monoisotopic (exact) mass is 209 g/mol. The van der Waals surface area contributed by atoms with Crippen LogP contribution in [0.15, 0.2) is 42.5 Å². The highest BCUT2D eigenvalue weighted by atomic mass is 15.0. The van der Waals surface area contributed by atoms with E-state index in [1.54, 1.807) is 6.07 Å². The third-order valence-electron chi connectivity index (χ3n) is 2.29. The predicted octanol–water partition coefficient (Wildman–Crippen LogP) is 2.66. The van der Waals surface area contributed by atoms with Crippen LogP contribution in [0.4, 0.5) is 5.82 Å². The van der Waals surface area contributed by atoms with Gasteiger partial charge in [0.1, 0.15) is 5.82 Å². The molecule has 78 valence electrons. The summed E-state index contributed by atoms with van der Waals surface area (Å²) in [5.41, 5.74) is 2.47. The van der Waals surface area contributed by atoms with Crippen molar-refractivity contribution in [3.8, 4) is 17.3 Å². The number of benzene rings is 1. The second-order valence-electron chi connectivity index (χ2n) is 3.35. The normalized spacial score (nSPS) is 9.50. The first-order chi connectivity index (χ1) is 7.83. The maximum atomic E-state index is 8.83. The van der Waals surface area contributed by atoms with Gasteiger partial charge < -0.3 is 5.32 Å². The molecule has 1 heterocycles. The van der Waals surface area contributed by atoms with E-state index in [0.717, 1.165) is 17.1 Å². The maximum Gasteiger partial charge on any atom is 0.126 e. The van der Waals surface area contributed by atoms with Crippen LogP contribution in [0.1, 0.15) is 5.56 Å². The Kier molecular flexibility index (Phi) is 2.84. The molecule has 0 amide bonds. The van der Waals surface area contributed by atoms with E-state index < -0.39 is 0 Å². The van der Waals surface area contributed by atoms with Crippen molar-refractivity contribution >= 4 is 5.82 Å². The summed E-state index contributed by atoms with van der Waals surface area (Å²) >= 11 is 0. The van der Waals surface area contributed by atoms with Gasteiger partial charge in [0.2, 0.25) is 0 Å². The van der Waals surface area contributed by atoms with Gasteiger partial charge in [-0.2, -0.15) is 5.26 Å². The minimum atomic E-state index is 0.647. The number of hydrogen-bond acceptors (Lipinski definition) is 3. The van der Waals surface area contributed by atoms with Gasteiger partial charge in [0.25, 0.3) is 0 Å². The van der Waals surface area contributed by atoms with E-state index in [0.29, 0.717) is 5.56 Å². The van der Waals surface area contributed by atoms with Crippen LogP contribution >= 0.6 is 0 Å². The van der Waals surface area contributed by atoms with Crippen molar-refractivity contribution in [3.63, 3.8) is 0 Å². The minimum Gasteiger partial charge on any atom is -0.373 e. The van der Waals surface area contributed by atoms with Gasteiger partial charge in [-0.05, 0) is 24.3 Å². The lowest BCUT2D eigenvalue weighted by Gasteiger charge is -2.04. The first kappa shape index (κ1) is 10.2. The zero-order valence-corrected chi connectivity index (χ0v) is 8.94. The zero-order chi connectivity index (χ0) is 11.4. The molecule has 3 nitrogen and oxygen atoms in total. The molecule has 0 aliphatic rings. The SMILES string of the molecule is CNc1cccc(-c2cccc(C#N)c2)n1. The second kappa shape index (κ2) is 4.45. The third-order valence-corrected chi connectivity index (χ3v) is 2.29. The van der Waals surface area contributed by atoms with E-state index >= 15 is 0 Å². The lowest BCUT2D eigenvalue weighted by Crippen LogP contribution is -1.93. The molecule has 1 aromatic carbocycles. The number of pyridine rings is 1. The molecule has 0 saturated heterocycles. The highest BCUT2D eigenvalue weighted by Gasteiger charge is 2.01. The number of anilines is 1. The van der Waals surface area contributed by atoms with Gasteiger partial charge in [0, 0.05) is 12.6 Å². The maximum absolute atomic E-state index is 8.83. The zero-order valence-electron chi connectivity index (χ0n) is 8.94. The standard InChI is InChI=1S/C13H11N3/c1-15-13-7-3-6-12(16-13)11-5-2-4-10(8-11)9-14/h2-8H,1H3,(H,15,16). The molecule has 16 heavy (non-hydrogen) atoms. The third kappa shape index (κ3) is 2.01. The van der Waals surface area contributed by atoms with E-state index in [1.165, 1.54) is 0 Å². The largest absolute Gasteiger partial charge is 0.373 e. The van der Waals surface area contributed by atoms with Gasteiger partial charge in [0.15, 0.2) is 0 Å². The molecule has 0 saturated carbocycles. The molecule has 0 atom stereocenters. The van der Waals surface area contributed by atoms with Crippen molar-refractivity contribution in [2.45, 2.75) is 0 Å². The highest BCUT2D eigenvalue weighted by molar-refractivity contribution is 5.63. The second-order valence-corrected chi connectivity index (χ2v) is 3.35. The van der Waals surface area contributed by atoms with E-state index in [9.17, 15) is 0 Å². The molecule has 2 rings (SSSR count). The van der Waals surface area contributed by atoms with E-state index in [2.05, 4.69) is 16.4 Å². The number of nitrogens with zero attached hydrogens (tertiary/aromatic N) is 2. The van der Waals surface area contributed by atoms with Gasteiger partial charge in [-0.1, -0.05) is 18.2 Å². The van der Waals surface area contributed by atoms with Crippen LogP contribution in [0.3, 0.4) is 0 Å². The summed E-state index contributed by atoms with van der Waals surface area (Å²) in [6.07, 6.45) is 0. The van der Waals surface area contributed by atoms with Gasteiger partial charge in [-0.15, -0.1) is 0 Å². The van der Waals surface area contributed by atoms with Gasteiger partial charge >= 0.3 is 0 Å². The summed E-state index contributed by atoms with van der Waals surface area (Å²) in [4.78, 5) is 4.42. The summed E-state index contributed by atoms with van der Waals surface area (Å²) in [5.74, 6) is 0.819. The number of aromatic nitrogens is 1. The average molecular weight is 209 g/mol. The van der Waals surface area contributed by atoms with Gasteiger partial charge in [-0.3, -0.25) is 0 Å². The number of rotatable bonds is 2. The molecule has 0 spiro atoms. The molecule has 3 heteroatoms. The summed E-state index contributed by atoms with van der Waals surface area (Å²) in [7, 11) is 1.83. The summed E-state index contributed by atoms with van der Waals surface area (Å²) in [6.45, 7) is 0. The number of nitriles is 1. The van der Waals surface area contributed by atoms with Crippen molar-refractivity contribution in [1.29, 1.82) is 5.26 Å². The molecule has 0 bridgehead atoms. The Morgan fingerprint density at radius 1 is 1.19 bits per heavy atom. The molecule has 0 unspecified atom stereocenters. The molecule has 2 aromatic rings. The van der Waals surface area contributed by atoms with Gasteiger partial charge in [0.05, 0.1) is 17.3 Å². The van der Waals surface area contributed by atoms with Crippen molar-refractivity contribution in [1.82, 2.24) is 4.98 Å². The molecule has 1 N–H and O–H groups in total. The summed E-state index contributed by atoms with van der Waals surface area (Å²) in [5, 5.41) is 11.8. The highest BCUT2D eigenvalue weighted by Crippen LogP contribution is 2.19. The predicted molar refractivity (Wildman–Crippen MR) is 63.9 cm³/mol. The molecular weight excluding hydrogens is 198 g/mol. The summed E-state index contributed by atoms with van der Waals surface area (Å²) < 4.78 is 0. The molecular formula is C13H11N3. The summed E-state index contributed by atoms with van der Waals surface area (Å²) in [6, 6.07) is 15.3. The fourth-order valence-corrected chi connectivity index (χ4v) is 1.48. The first-order valence-electron chi connectivity index (χ1n) is 4.99. The number of hydrogen-bond donors (Lipinski definition) is 1. The Hall–Kier alpha value is -2.34. The van der Waals surface area contributed by atoms with Crippen LogP contribution in [0.2, 0.25) is 0 Å². The van der Waals surface area contributed by atoms with Crippen molar-refractivity contribution in [3.05, 3.63) is 48.0 Å². The Bertz CT molecular complexity index is 541. The van der Waals surface area contributed by atoms with E-state index in [4.69, 9.17) is 5.26 Å². The molecule has 1 aromatic heterocycles. The molecule has 0 radical (unpaired) electrons. The average Bonchev–Trinajstić information content (AvgIpc) is 2.39. The Morgan fingerprint density at radius 3 is 2.75 bits per heavy atom. The molecule has 0 aliphatic heterocycles. The lowest BCUT2D eigenvalue weighted by molar-refractivity contribution is 1.29. The van der Waals surface area contributed by atoms with Crippen molar-refractivity contribution in [2.24, 2.45) is 0 Å². The van der Waals surface area contributed by atoms with Crippen LogP contribution in [0, 0.1) is 11.3 Å². The van der Waals surface area contributed by atoms with Crippen LogP contribution < -0.4 is 5.32 Å². The van der Waals surface area contributed by atoms with Crippen molar-refractivity contribution < 1.29 is 0 Å². The van der Waals surface area contributed by atoms with Crippen LogP contribution in [-0.4, -0.2) is 12.0 Å². The smallest absolute Gasteiger partial charge is 0.126 e. The Morgan fingerprint density at radius 2 is 2.00 bits per heavy atom. The van der Waals surface area contributed by atoms with Crippen LogP contribution in [0.25, 0.3) is 11.3 Å². The van der Waals surface area contributed by atoms with E-state index in [-0.39, 0.29) is 0 Å². The fraction of sp³-hybridized carbons (Fsp3) is 0.0769. The van der Waals surface area contributed by atoms with Crippen LogP contribution in [-0.2, 0) is 0 Å². The minimum absolute atomic E-state index is 0.647. The van der Waals surface area contributed by atoms with E-state index in [1.807, 2.05) is 43.4 Å². The molecule has 0 fully saturated rings. The Balaban J connectivity index is 2.46. The van der Waals surface area contributed by atoms with Crippen molar-refractivity contribution in [2.75, 3.05) is 12.4 Å². The quantitative estimate of drug-likeness (QED) is 0.827. The topological polar surface area (TPSA) is 48.7 Å². The number of nitrogens with one attached hydrogen (secondary N) is 1. The van der Waals surface area contributed by atoms with Crippen LogP contribution in [0.5, 0.6) is 0 Å². The molecule has 0 aliphatic carbocycles. The fourth-order valence-electron chi connectivity index (χ4n) is 1.48.